The van der Waals surface area contributed by atoms with Crippen molar-refractivity contribution in [2.24, 2.45) is 0 Å². The van der Waals surface area contributed by atoms with Gasteiger partial charge in [0.05, 0.1) is 11.3 Å². The average molecular weight is 412 g/mol. The van der Waals surface area contributed by atoms with Crippen molar-refractivity contribution in [1.82, 2.24) is 19.2 Å². The number of urea groups is 1. The van der Waals surface area contributed by atoms with Crippen LogP contribution in [0, 0.1) is 0 Å². The molecule has 3 saturated heterocycles. The topological polar surface area (TPSA) is 145 Å². The molecule has 3 rings (SSSR count). The predicted octanol–water partition coefficient (Wildman–Crippen LogP) is -1.56. The maximum Gasteiger partial charge on any atom is 0.418 e. The third kappa shape index (κ3) is 3.38. The fourth-order valence-corrected chi connectivity index (χ4v) is 5.94. The molecule has 3 heterocycles. The van der Waals surface area contributed by atoms with E-state index in [1.807, 2.05) is 4.90 Å². The smallest absolute Gasteiger partial charge is 0.305 e. The molecule has 0 unspecified atom stereocenters. The maximum absolute atomic E-state index is 12.9. The number of hydrogen-bond acceptors (Lipinski definition) is 8. The summed E-state index contributed by atoms with van der Waals surface area (Å²) in [6.07, 6.45) is -0.125. The summed E-state index contributed by atoms with van der Waals surface area (Å²) in [6.45, 7) is 0.860. The van der Waals surface area contributed by atoms with E-state index in [4.69, 9.17) is 4.55 Å². The zero-order valence-electron chi connectivity index (χ0n) is 14.0. The Morgan fingerprint density at radius 1 is 1.19 bits per heavy atom. The molecule has 0 aliphatic carbocycles. The van der Waals surface area contributed by atoms with E-state index >= 15 is 0 Å². The molecule has 14 heteroatoms. The lowest BCUT2D eigenvalue weighted by molar-refractivity contribution is -0.117. The summed E-state index contributed by atoms with van der Waals surface area (Å²) in [5.41, 5.74) is 0. The largest absolute Gasteiger partial charge is 0.418 e. The van der Waals surface area contributed by atoms with Crippen molar-refractivity contribution in [2.75, 3.05) is 26.7 Å². The number of nitrogens with zero attached hydrogens (tertiary/aromatic N) is 4. The van der Waals surface area contributed by atoms with Gasteiger partial charge in [0, 0.05) is 13.1 Å². The van der Waals surface area contributed by atoms with Gasteiger partial charge in [-0.1, -0.05) is 0 Å². The van der Waals surface area contributed by atoms with Gasteiger partial charge in [-0.05, 0) is 32.9 Å². The Labute approximate surface area is 151 Å². The molecular weight excluding hydrogens is 392 g/mol. The number of amides is 3. The van der Waals surface area contributed by atoms with Gasteiger partial charge >= 0.3 is 16.4 Å². The number of likely N-dealkylation sites (tertiary alicyclic amines) is 1. The van der Waals surface area contributed by atoms with E-state index in [9.17, 15) is 26.4 Å². The van der Waals surface area contributed by atoms with Crippen LogP contribution >= 0.6 is 0 Å². The summed E-state index contributed by atoms with van der Waals surface area (Å²) in [7, 11) is -7.10. The molecule has 3 atom stereocenters. The molecule has 0 aromatic rings. The van der Waals surface area contributed by atoms with Crippen LogP contribution in [0.3, 0.4) is 0 Å². The highest BCUT2D eigenvalue weighted by molar-refractivity contribution is 7.90. The first-order chi connectivity index (χ1) is 12.0. The molecule has 0 radical (unpaired) electrons. The molecule has 2 bridgehead atoms. The van der Waals surface area contributed by atoms with E-state index in [1.165, 1.54) is 0 Å². The number of piperidine rings is 1. The van der Waals surface area contributed by atoms with E-state index in [2.05, 4.69) is 4.28 Å². The van der Waals surface area contributed by atoms with Crippen molar-refractivity contribution in [3.63, 3.8) is 0 Å². The Morgan fingerprint density at radius 3 is 2.42 bits per heavy atom. The Kier molecular flexibility index (Phi) is 4.89. The minimum absolute atomic E-state index is 0.0105. The summed E-state index contributed by atoms with van der Waals surface area (Å²) >= 11 is 0. The SMILES string of the molecule is CN1CC[C@H](S(=O)(=O)N(C=O)[C@H]2CC[C@@H]3CN2C(=O)N3OS(=O)(=O)O)C1. The Balaban J connectivity index is 1.83. The molecule has 3 fully saturated rings. The van der Waals surface area contributed by atoms with Crippen LogP contribution in [0.2, 0.25) is 0 Å². The van der Waals surface area contributed by atoms with Crippen molar-refractivity contribution >= 4 is 32.9 Å². The second kappa shape index (κ2) is 6.60. The first-order valence-electron chi connectivity index (χ1n) is 7.97. The standard InChI is InChI=1S/C12H20N4O8S2/c1-13-5-4-10(7-13)25(19,20)15(8-17)11-3-2-9-6-14(11)12(18)16(9)24-26(21,22)23/h8-11H,2-7H2,1H3,(H,21,22,23)/t9-,10+,11+/m1/s1. The van der Waals surface area contributed by atoms with Gasteiger partial charge < -0.3 is 4.90 Å². The van der Waals surface area contributed by atoms with Gasteiger partial charge in [0.2, 0.25) is 16.4 Å². The van der Waals surface area contributed by atoms with E-state index in [0.29, 0.717) is 22.3 Å². The summed E-state index contributed by atoms with van der Waals surface area (Å²) in [6, 6.07) is -1.57. The van der Waals surface area contributed by atoms with Gasteiger partial charge in [0.15, 0.2) is 0 Å². The van der Waals surface area contributed by atoms with Crippen LogP contribution < -0.4 is 0 Å². The zero-order valence-corrected chi connectivity index (χ0v) is 15.6. The molecule has 3 aliphatic rings. The lowest BCUT2D eigenvalue weighted by Crippen LogP contribution is -2.55. The van der Waals surface area contributed by atoms with Crippen LogP contribution in [0.5, 0.6) is 0 Å². The third-order valence-corrected chi connectivity index (χ3v) is 7.42. The summed E-state index contributed by atoms with van der Waals surface area (Å²) in [5, 5.41) is -0.243. The number of fused-ring (bicyclic) bond motifs is 2. The van der Waals surface area contributed by atoms with Gasteiger partial charge in [-0.15, -0.1) is 4.28 Å². The van der Waals surface area contributed by atoms with E-state index in [-0.39, 0.29) is 32.3 Å². The van der Waals surface area contributed by atoms with Crippen LogP contribution in [0.15, 0.2) is 0 Å². The number of carbonyl (C=O) groups excluding carboxylic acids is 2. The molecule has 3 aliphatic heterocycles. The minimum atomic E-state index is -4.90. The molecule has 26 heavy (non-hydrogen) atoms. The van der Waals surface area contributed by atoms with Crippen LogP contribution in [-0.2, 0) is 29.5 Å². The van der Waals surface area contributed by atoms with E-state index in [0.717, 1.165) is 4.90 Å². The number of rotatable bonds is 6. The lowest BCUT2D eigenvalue weighted by atomic mass is 10.1. The molecule has 0 saturated carbocycles. The van der Waals surface area contributed by atoms with Crippen LogP contribution in [-0.4, -0.2) is 97.1 Å². The van der Waals surface area contributed by atoms with E-state index in [1.54, 1.807) is 7.05 Å². The van der Waals surface area contributed by atoms with Gasteiger partial charge in [0.25, 0.3) is 0 Å². The van der Waals surface area contributed by atoms with Crippen molar-refractivity contribution in [3.05, 3.63) is 0 Å². The highest BCUT2D eigenvalue weighted by Gasteiger charge is 2.51. The van der Waals surface area contributed by atoms with Crippen LogP contribution in [0.25, 0.3) is 0 Å². The molecule has 12 nitrogen and oxygen atoms in total. The van der Waals surface area contributed by atoms with E-state index < -0.39 is 43.9 Å². The Morgan fingerprint density at radius 2 is 1.88 bits per heavy atom. The zero-order chi connectivity index (χ0) is 19.3. The van der Waals surface area contributed by atoms with Crippen LogP contribution in [0.1, 0.15) is 19.3 Å². The number of sulfonamides is 1. The molecule has 0 aromatic carbocycles. The molecule has 0 spiro atoms. The summed E-state index contributed by atoms with van der Waals surface area (Å²) < 4.78 is 61.3. The summed E-state index contributed by atoms with van der Waals surface area (Å²) in [5.74, 6) is 0. The van der Waals surface area contributed by atoms with Gasteiger partial charge in [-0.25, -0.2) is 17.5 Å². The maximum atomic E-state index is 12.9. The lowest BCUT2D eigenvalue weighted by Gasteiger charge is -2.37. The fraction of sp³-hybridized carbons (Fsp3) is 0.833. The quantitative estimate of drug-likeness (QED) is 0.404. The number of carbonyl (C=O) groups is 2. The predicted molar refractivity (Wildman–Crippen MR) is 86.1 cm³/mol. The Hall–Kier alpha value is -1.48. The molecule has 148 valence electrons. The van der Waals surface area contributed by atoms with Gasteiger partial charge in [-0.3, -0.25) is 14.2 Å². The fourth-order valence-electron chi connectivity index (χ4n) is 3.69. The highest BCUT2D eigenvalue weighted by atomic mass is 32.3. The first kappa shape index (κ1) is 19.3. The normalized spacial score (nSPS) is 30.1. The Bertz CT molecular complexity index is 800. The number of hydroxylamine groups is 2. The highest BCUT2D eigenvalue weighted by Crippen LogP contribution is 2.34. The third-order valence-electron chi connectivity index (χ3n) is 4.93. The van der Waals surface area contributed by atoms with Crippen molar-refractivity contribution < 1.29 is 35.3 Å². The minimum Gasteiger partial charge on any atom is -0.305 e. The molecule has 1 N–H and O–H groups in total. The van der Waals surface area contributed by atoms with Crippen molar-refractivity contribution in [2.45, 2.75) is 36.7 Å². The monoisotopic (exact) mass is 412 g/mol. The number of hydrogen-bond donors (Lipinski definition) is 1. The van der Waals surface area contributed by atoms with Crippen molar-refractivity contribution in [3.8, 4) is 0 Å². The second-order valence-electron chi connectivity index (χ2n) is 6.63. The second-order valence-corrected chi connectivity index (χ2v) is 9.75. The van der Waals surface area contributed by atoms with Gasteiger partial charge in [0.1, 0.15) is 6.17 Å². The van der Waals surface area contributed by atoms with Crippen LogP contribution in [0.4, 0.5) is 4.79 Å². The molecule has 3 amide bonds. The average Bonchev–Trinajstić information content (AvgIpc) is 3.07. The van der Waals surface area contributed by atoms with Gasteiger partial charge in [-0.2, -0.15) is 13.5 Å². The molecule has 0 aromatic heterocycles. The van der Waals surface area contributed by atoms with Crippen molar-refractivity contribution in [1.29, 1.82) is 0 Å². The first-order valence-corrected chi connectivity index (χ1v) is 10.8. The molecular formula is C12H20N4O8S2. The summed E-state index contributed by atoms with van der Waals surface area (Å²) in [4.78, 5) is 26.9.